The van der Waals surface area contributed by atoms with E-state index in [2.05, 4.69) is 19.9 Å². The first-order chi connectivity index (χ1) is 11.5. The van der Waals surface area contributed by atoms with Crippen molar-refractivity contribution in [2.24, 2.45) is 0 Å². The van der Waals surface area contributed by atoms with Crippen molar-refractivity contribution in [2.45, 2.75) is 5.92 Å². The van der Waals surface area contributed by atoms with E-state index in [0.717, 1.165) is 5.56 Å². The maximum atomic E-state index is 10.4. The maximum Gasteiger partial charge on any atom is 0.223 e. The Labute approximate surface area is 151 Å². The molecule has 120 valence electrons. The van der Waals surface area contributed by atoms with Crippen molar-refractivity contribution >= 4 is 36.0 Å². The van der Waals surface area contributed by atoms with Crippen LogP contribution in [0.5, 0.6) is 17.6 Å². The molecular formula is C15H9ClN4O2S2. The molecule has 1 aromatic carbocycles. The quantitative estimate of drug-likeness (QED) is 0.340. The van der Waals surface area contributed by atoms with Crippen LogP contribution in [-0.2, 0) is 0 Å². The fourth-order valence-electron chi connectivity index (χ4n) is 2.78. The first kappa shape index (κ1) is 15.3. The van der Waals surface area contributed by atoms with Gasteiger partial charge in [0.2, 0.25) is 27.2 Å². The molecule has 3 heterocycles. The van der Waals surface area contributed by atoms with Crippen LogP contribution in [0.3, 0.4) is 0 Å². The third kappa shape index (κ3) is 2.39. The van der Waals surface area contributed by atoms with Crippen LogP contribution in [0.25, 0.3) is 0 Å². The topological polar surface area (TPSA) is 86.8 Å². The largest absolute Gasteiger partial charge is 0.493 e. The van der Waals surface area contributed by atoms with Gasteiger partial charge in [-0.25, -0.2) is 4.98 Å². The Balaban J connectivity index is 2.09. The second kappa shape index (κ2) is 5.66. The van der Waals surface area contributed by atoms with Crippen LogP contribution in [0.2, 0.25) is 5.15 Å². The second-order valence-electron chi connectivity index (χ2n) is 5.13. The summed E-state index contributed by atoms with van der Waals surface area (Å²) in [7, 11) is 0. The molecule has 0 radical (unpaired) electrons. The predicted octanol–water partition coefficient (Wildman–Crippen LogP) is 4.24. The maximum absolute atomic E-state index is 10.4. The van der Waals surface area contributed by atoms with Crippen molar-refractivity contribution in [3.8, 4) is 17.6 Å². The van der Waals surface area contributed by atoms with E-state index in [1.807, 2.05) is 30.3 Å². The molecule has 2 aromatic heterocycles. The summed E-state index contributed by atoms with van der Waals surface area (Å²) in [5, 5.41) is 10.6. The van der Waals surface area contributed by atoms with Gasteiger partial charge in [0.1, 0.15) is 5.15 Å². The number of aromatic hydroxyl groups is 1. The van der Waals surface area contributed by atoms with Gasteiger partial charge < -0.3 is 19.8 Å². The van der Waals surface area contributed by atoms with Gasteiger partial charge in [-0.1, -0.05) is 41.9 Å². The van der Waals surface area contributed by atoms with Crippen molar-refractivity contribution < 1.29 is 9.84 Å². The van der Waals surface area contributed by atoms with E-state index in [9.17, 15) is 5.11 Å². The van der Waals surface area contributed by atoms with Crippen LogP contribution in [0.4, 0.5) is 0 Å². The fraction of sp³-hybridized carbons (Fsp3) is 0.0667. The number of rotatable bonds is 1. The van der Waals surface area contributed by atoms with Crippen LogP contribution in [0, 0.1) is 9.54 Å². The SMILES string of the molecule is Oc1nc(=S)[nH]c2c1C(c1ccccc1)c1c(Cl)nc(=S)[nH]c1O2. The molecule has 0 fully saturated rings. The molecule has 24 heavy (non-hydrogen) atoms. The van der Waals surface area contributed by atoms with E-state index < -0.39 is 5.92 Å². The Morgan fingerprint density at radius 2 is 1.62 bits per heavy atom. The van der Waals surface area contributed by atoms with Crippen LogP contribution in [-0.4, -0.2) is 25.0 Å². The Morgan fingerprint density at radius 3 is 2.33 bits per heavy atom. The number of hydrogen-bond acceptors (Lipinski definition) is 6. The summed E-state index contributed by atoms with van der Waals surface area (Å²) in [4.78, 5) is 13.8. The molecule has 3 N–H and O–H groups in total. The zero-order chi connectivity index (χ0) is 16.8. The number of H-pyrrole nitrogens is 2. The highest BCUT2D eigenvalue weighted by Crippen LogP contribution is 2.49. The molecule has 1 atom stereocenters. The van der Waals surface area contributed by atoms with Crippen molar-refractivity contribution in [1.82, 2.24) is 19.9 Å². The van der Waals surface area contributed by atoms with Gasteiger partial charge in [-0.2, -0.15) is 4.98 Å². The number of halogens is 1. The zero-order valence-electron chi connectivity index (χ0n) is 11.9. The Bertz CT molecular complexity index is 1000. The number of ether oxygens (including phenoxy) is 1. The van der Waals surface area contributed by atoms with E-state index in [1.54, 1.807) is 0 Å². The molecule has 0 saturated heterocycles. The molecule has 4 rings (SSSR count). The van der Waals surface area contributed by atoms with Crippen molar-refractivity contribution in [3.63, 3.8) is 0 Å². The highest BCUT2D eigenvalue weighted by molar-refractivity contribution is 7.71. The number of hydrogen-bond donors (Lipinski definition) is 3. The summed E-state index contributed by atoms with van der Waals surface area (Å²) in [6.45, 7) is 0. The molecule has 0 aliphatic carbocycles. The number of fused-ring (bicyclic) bond motifs is 2. The van der Waals surface area contributed by atoms with Gasteiger partial charge in [0.15, 0.2) is 0 Å². The van der Waals surface area contributed by atoms with Crippen LogP contribution >= 0.6 is 36.0 Å². The molecule has 0 amide bonds. The lowest BCUT2D eigenvalue weighted by atomic mass is 9.86. The minimum absolute atomic E-state index is 0.111. The minimum atomic E-state index is -0.434. The molecule has 0 spiro atoms. The zero-order valence-corrected chi connectivity index (χ0v) is 14.3. The van der Waals surface area contributed by atoms with Gasteiger partial charge >= 0.3 is 0 Å². The lowest BCUT2D eigenvalue weighted by molar-refractivity contribution is 0.385. The predicted molar refractivity (Wildman–Crippen MR) is 93.0 cm³/mol. The summed E-state index contributed by atoms with van der Waals surface area (Å²) in [6, 6.07) is 9.53. The number of benzene rings is 1. The van der Waals surface area contributed by atoms with Crippen LogP contribution in [0.1, 0.15) is 22.6 Å². The number of aromatic amines is 2. The standard InChI is InChI=1S/C15H9ClN4O2S2/c16-10-8-7(6-4-2-1-3-5-6)9-11(21)18-15(24)20-13(9)22-12(8)19-14(23)17-10/h1-5,7H,(H,17,19,23)(H2,18,20,21,24). The highest BCUT2D eigenvalue weighted by Gasteiger charge is 2.35. The molecule has 0 saturated carbocycles. The Morgan fingerprint density at radius 1 is 1.00 bits per heavy atom. The van der Waals surface area contributed by atoms with Crippen molar-refractivity contribution in [1.29, 1.82) is 0 Å². The smallest absolute Gasteiger partial charge is 0.223 e. The fourth-order valence-corrected chi connectivity index (χ4v) is 3.48. The minimum Gasteiger partial charge on any atom is -0.493 e. The number of nitrogens with one attached hydrogen (secondary N) is 2. The first-order valence-electron chi connectivity index (χ1n) is 6.90. The molecule has 9 heteroatoms. The van der Waals surface area contributed by atoms with E-state index >= 15 is 0 Å². The van der Waals surface area contributed by atoms with Gasteiger partial charge in [-0.05, 0) is 30.0 Å². The second-order valence-corrected chi connectivity index (χ2v) is 6.26. The number of nitrogens with zero attached hydrogens (tertiary/aromatic N) is 2. The third-order valence-electron chi connectivity index (χ3n) is 3.71. The van der Waals surface area contributed by atoms with E-state index in [-0.39, 0.29) is 20.6 Å². The molecule has 1 aliphatic heterocycles. The van der Waals surface area contributed by atoms with Crippen LogP contribution in [0.15, 0.2) is 30.3 Å². The van der Waals surface area contributed by atoms with E-state index in [4.69, 9.17) is 40.8 Å². The van der Waals surface area contributed by atoms with Crippen molar-refractivity contribution in [2.75, 3.05) is 0 Å². The average Bonchev–Trinajstić information content (AvgIpc) is 2.53. The van der Waals surface area contributed by atoms with Gasteiger partial charge in [0.05, 0.1) is 17.0 Å². The molecule has 1 unspecified atom stereocenters. The Hall–Kier alpha value is -2.29. The monoisotopic (exact) mass is 376 g/mol. The molecule has 1 aliphatic rings. The van der Waals surface area contributed by atoms with Gasteiger partial charge in [0.25, 0.3) is 0 Å². The average molecular weight is 377 g/mol. The normalized spacial score (nSPS) is 15.3. The lowest BCUT2D eigenvalue weighted by Crippen LogP contribution is -2.16. The summed E-state index contributed by atoms with van der Waals surface area (Å²) in [5.41, 5.74) is 1.91. The molecule has 3 aromatic rings. The van der Waals surface area contributed by atoms with Crippen molar-refractivity contribution in [3.05, 3.63) is 61.7 Å². The molecule has 0 bridgehead atoms. The number of aromatic nitrogens is 4. The molecule has 6 nitrogen and oxygen atoms in total. The van der Waals surface area contributed by atoms with E-state index in [0.29, 0.717) is 22.9 Å². The summed E-state index contributed by atoms with van der Waals surface area (Å²) in [6.07, 6.45) is 0. The summed E-state index contributed by atoms with van der Waals surface area (Å²) >= 11 is 16.4. The van der Waals surface area contributed by atoms with Gasteiger partial charge in [-0.3, -0.25) is 0 Å². The lowest BCUT2D eigenvalue weighted by Gasteiger charge is -2.28. The van der Waals surface area contributed by atoms with Crippen LogP contribution < -0.4 is 4.74 Å². The van der Waals surface area contributed by atoms with Gasteiger partial charge in [-0.15, -0.1) is 0 Å². The first-order valence-corrected chi connectivity index (χ1v) is 8.09. The molecular weight excluding hydrogens is 368 g/mol. The van der Waals surface area contributed by atoms with Gasteiger partial charge in [0, 0.05) is 0 Å². The summed E-state index contributed by atoms with van der Waals surface area (Å²) < 4.78 is 6.09. The third-order valence-corrected chi connectivity index (χ3v) is 4.39. The van der Waals surface area contributed by atoms with E-state index in [1.165, 1.54) is 0 Å². The Kier molecular flexibility index (Phi) is 3.60. The summed E-state index contributed by atoms with van der Waals surface area (Å²) in [5.74, 6) is 0.00212. The highest BCUT2D eigenvalue weighted by atomic mass is 35.5.